The Morgan fingerprint density at radius 2 is 1.55 bits per heavy atom. The lowest BCUT2D eigenvalue weighted by atomic mass is 9.63. The highest BCUT2D eigenvalue weighted by molar-refractivity contribution is 6.74. The first-order valence-corrected chi connectivity index (χ1v) is 14.6. The van der Waals surface area contributed by atoms with Gasteiger partial charge in [-0.25, -0.2) is 8.78 Å². The van der Waals surface area contributed by atoms with Crippen molar-refractivity contribution in [2.24, 2.45) is 11.7 Å². The second kappa shape index (κ2) is 9.19. The first-order valence-electron chi connectivity index (χ1n) is 11.7. The van der Waals surface area contributed by atoms with Gasteiger partial charge >= 0.3 is 7.12 Å². The fraction of sp³-hybridized carbons (Fsp3) is 0.680. The zero-order valence-electron chi connectivity index (χ0n) is 22.1. The van der Waals surface area contributed by atoms with Crippen LogP contribution < -0.4 is 5.73 Å². The summed E-state index contributed by atoms with van der Waals surface area (Å²) in [6, 6.07) is 3.79. The lowest BCUT2D eigenvalue weighted by Crippen LogP contribution is -2.48. The first-order chi connectivity index (χ1) is 14.7. The third-order valence-corrected chi connectivity index (χ3v) is 12.4. The largest absolute Gasteiger partial charge is 0.490 e. The lowest BCUT2D eigenvalue weighted by molar-refractivity contribution is 0.00578. The lowest BCUT2D eigenvalue weighted by Gasteiger charge is -2.39. The molecule has 0 radical (unpaired) electrons. The summed E-state index contributed by atoms with van der Waals surface area (Å²) in [5, 5.41) is 0.0366. The van der Waals surface area contributed by atoms with E-state index in [0.717, 1.165) is 0 Å². The fourth-order valence-electron chi connectivity index (χ4n) is 3.86. The molecule has 1 heterocycles. The molecule has 0 aromatic heterocycles. The van der Waals surface area contributed by atoms with Crippen molar-refractivity contribution in [2.75, 3.05) is 6.61 Å². The minimum atomic E-state index is -2.03. The van der Waals surface area contributed by atoms with Crippen LogP contribution in [0.1, 0.15) is 67.4 Å². The van der Waals surface area contributed by atoms with Crippen molar-refractivity contribution in [1.29, 1.82) is 0 Å². The number of halogens is 2. The highest BCUT2D eigenvalue weighted by atomic mass is 28.4. The van der Waals surface area contributed by atoms with Gasteiger partial charge in [-0.15, -0.1) is 6.58 Å². The molecule has 0 unspecified atom stereocenters. The summed E-state index contributed by atoms with van der Waals surface area (Å²) in [7, 11) is -2.77. The minimum Gasteiger partial charge on any atom is -0.417 e. The Hall–Kier alpha value is -1.06. The van der Waals surface area contributed by atoms with E-state index in [-0.39, 0.29) is 10.6 Å². The number of nitrogens with two attached hydrogens (primary N) is 1. The fourth-order valence-corrected chi connectivity index (χ4v) is 4.93. The summed E-state index contributed by atoms with van der Waals surface area (Å²) < 4.78 is 48.4. The predicted octanol–water partition coefficient (Wildman–Crippen LogP) is 6.35. The Kier molecular flexibility index (Phi) is 7.85. The molecule has 0 bridgehead atoms. The van der Waals surface area contributed by atoms with Gasteiger partial charge in [0.2, 0.25) is 0 Å². The van der Waals surface area contributed by atoms with Crippen molar-refractivity contribution in [1.82, 2.24) is 0 Å². The van der Waals surface area contributed by atoms with Crippen LogP contribution in [0.4, 0.5) is 8.78 Å². The molecule has 1 aromatic carbocycles. The Morgan fingerprint density at radius 1 is 1.09 bits per heavy atom. The molecule has 0 spiro atoms. The molecular formula is C25H42BF2NO3Si. The van der Waals surface area contributed by atoms with Gasteiger partial charge in [-0.1, -0.05) is 26.8 Å². The summed E-state index contributed by atoms with van der Waals surface area (Å²) in [5.74, 6) is -1.92. The van der Waals surface area contributed by atoms with E-state index in [1.54, 1.807) is 6.92 Å². The van der Waals surface area contributed by atoms with Crippen molar-refractivity contribution in [2.45, 2.75) is 96.7 Å². The number of benzene rings is 1. The van der Waals surface area contributed by atoms with Crippen molar-refractivity contribution in [3.8, 4) is 0 Å². The van der Waals surface area contributed by atoms with Crippen LogP contribution in [0.25, 0.3) is 0 Å². The highest BCUT2D eigenvalue weighted by Gasteiger charge is 2.54. The van der Waals surface area contributed by atoms with Crippen LogP contribution in [-0.4, -0.2) is 33.2 Å². The molecule has 1 aliphatic heterocycles. The SMILES string of the molecule is C=C(B1OC(C)(C)C(C)(C)O1)[C@H](CCO[Si](C)(C)C(C)(C)C)[C@@](C)(N)c1c(F)cccc1F. The number of hydrogen-bond acceptors (Lipinski definition) is 4. The Morgan fingerprint density at radius 3 is 1.97 bits per heavy atom. The van der Waals surface area contributed by atoms with Crippen LogP contribution >= 0.6 is 0 Å². The van der Waals surface area contributed by atoms with Gasteiger partial charge in [0.25, 0.3) is 0 Å². The van der Waals surface area contributed by atoms with E-state index in [9.17, 15) is 8.78 Å². The van der Waals surface area contributed by atoms with Crippen LogP contribution in [0.2, 0.25) is 18.1 Å². The number of hydrogen-bond donors (Lipinski definition) is 1. The summed E-state index contributed by atoms with van der Waals surface area (Å²) in [6.45, 7) is 25.0. The summed E-state index contributed by atoms with van der Waals surface area (Å²) in [6.07, 6.45) is 0.427. The van der Waals surface area contributed by atoms with E-state index in [1.165, 1.54) is 18.2 Å². The Labute approximate surface area is 200 Å². The molecule has 0 saturated carbocycles. The monoisotopic (exact) mass is 481 g/mol. The topological polar surface area (TPSA) is 53.7 Å². The normalized spacial score (nSPS) is 21.1. The molecule has 1 aliphatic rings. The second-order valence-corrected chi connectivity index (χ2v) is 16.8. The molecule has 1 aromatic rings. The third kappa shape index (κ3) is 5.61. The van der Waals surface area contributed by atoms with E-state index in [0.29, 0.717) is 18.5 Å². The molecule has 2 atom stereocenters. The maximum Gasteiger partial charge on any atom is 0.490 e. The molecular weight excluding hydrogens is 439 g/mol. The molecule has 0 amide bonds. The maximum absolute atomic E-state index is 14.8. The van der Waals surface area contributed by atoms with Gasteiger partial charge in [0.05, 0.1) is 16.7 Å². The quantitative estimate of drug-likeness (QED) is 0.440. The zero-order valence-corrected chi connectivity index (χ0v) is 23.1. The van der Waals surface area contributed by atoms with E-state index < -0.39 is 49.7 Å². The average molecular weight is 482 g/mol. The van der Waals surface area contributed by atoms with E-state index in [4.69, 9.17) is 19.5 Å². The molecule has 1 fully saturated rings. The van der Waals surface area contributed by atoms with Crippen LogP contribution in [0.15, 0.2) is 30.3 Å². The van der Waals surface area contributed by atoms with Gasteiger partial charge in [0.15, 0.2) is 8.32 Å². The average Bonchev–Trinajstić information content (AvgIpc) is 2.84. The van der Waals surface area contributed by atoms with Crippen molar-refractivity contribution in [3.63, 3.8) is 0 Å². The van der Waals surface area contributed by atoms with Gasteiger partial charge < -0.3 is 19.5 Å². The highest BCUT2D eigenvalue weighted by Crippen LogP contribution is 2.44. The number of rotatable bonds is 8. The van der Waals surface area contributed by atoms with Crippen LogP contribution in [0.5, 0.6) is 0 Å². The zero-order chi connectivity index (χ0) is 25.6. The molecule has 1 saturated heterocycles. The van der Waals surface area contributed by atoms with Gasteiger partial charge in [-0.2, -0.15) is 0 Å². The third-order valence-electron chi connectivity index (χ3n) is 7.90. The van der Waals surface area contributed by atoms with Crippen LogP contribution in [-0.2, 0) is 19.3 Å². The Bertz CT molecular complexity index is 845. The van der Waals surface area contributed by atoms with Gasteiger partial charge in [0, 0.05) is 18.1 Å². The first kappa shape index (κ1) is 28.2. The molecule has 2 N–H and O–H groups in total. The van der Waals surface area contributed by atoms with Crippen molar-refractivity contribution < 1.29 is 22.5 Å². The van der Waals surface area contributed by atoms with E-state index in [1.807, 2.05) is 27.7 Å². The summed E-state index contributed by atoms with van der Waals surface area (Å²) in [4.78, 5) is 0. The van der Waals surface area contributed by atoms with E-state index in [2.05, 4.69) is 40.4 Å². The molecule has 2 rings (SSSR count). The molecule has 4 nitrogen and oxygen atoms in total. The van der Waals surface area contributed by atoms with Gasteiger partial charge in [-0.05, 0) is 76.8 Å². The maximum atomic E-state index is 14.8. The second-order valence-electron chi connectivity index (χ2n) is 12.0. The summed E-state index contributed by atoms with van der Waals surface area (Å²) >= 11 is 0. The molecule has 0 aliphatic carbocycles. The van der Waals surface area contributed by atoms with E-state index >= 15 is 0 Å². The Balaban J connectivity index is 2.41. The van der Waals surface area contributed by atoms with Gasteiger partial charge in [-0.3, -0.25) is 0 Å². The molecule has 186 valence electrons. The van der Waals surface area contributed by atoms with Crippen molar-refractivity contribution in [3.05, 3.63) is 47.4 Å². The molecule has 8 heteroatoms. The predicted molar refractivity (Wildman–Crippen MR) is 134 cm³/mol. The standard InChI is InChI=1S/C25H42BF2NO3Si/c1-17(26-31-23(5,6)24(7,8)32-26)18(15-16-30-33(10,11)22(2,3)4)25(9,29)21-19(27)13-12-14-20(21)28/h12-14,18H,1,15-16,29H2,2-11H3/t18-,25+/m0/s1. The van der Waals surface area contributed by atoms with Gasteiger partial charge in [0.1, 0.15) is 11.6 Å². The minimum absolute atomic E-state index is 0.0366. The molecule has 33 heavy (non-hydrogen) atoms. The van der Waals surface area contributed by atoms with Crippen LogP contribution in [0.3, 0.4) is 0 Å². The van der Waals surface area contributed by atoms with Crippen molar-refractivity contribution >= 4 is 15.4 Å². The smallest absolute Gasteiger partial charge is 0.417 e. The van der Waals surface area contributed by atoms with Crippen LogP contribution in [0, 0.1) is 17.6 Å². The summed E-state index contributed by atoms with van der Waals surface area (Å²) in [5.41, 5.74) is 4.58.